The van der Waals surface area contributed by atoms with Crippen molar-refractivity contribution in [3.8, 4) is 11.5 Å². The van der Waals surface area contributed by atoms with Gasteiger partial charge in [-0.1, -0.05) is 0 Å². The molecule has 1 fully saturated rings. The monoisotopic (exact) mass is 355 g/mol. The molecule has 2 aliphatic heterocycles. The summed E-state index contributed by atoms with van der Waals surface area (Å²) in [6, 6.07) is 3.24. The van der Waals surface area contributed by atoms with Gasteiger partial charge in [0.05, 0.1) is 12.8 Å². The molecule has 2 heterocycles. The van der Waals surface area contributed by atoms with E-state index in [-0.39, 0.29) is 23.2 Å². The predicted octanol–water partition coefficient (Wildman–Crippen LogP) is 0.399. The number of sulfonamides is 1. The molecule has 1 amide bonds. The maximum atomic E-state index is 13.0. The zero-order chi connectivity index (χ0) is 17.3. The van der Waals surface area contributed by atoms with E-state index in [9.17, 15) is 13.2 Å². The number of amides is 1. The van der Waals surface area contributed by atoms with Crippen LogP contribution in [0.3, 0.4) is 0 Å². The second kappa shape index (κ2) is 6.58. The fourth-order valence-electron chi connectivity index (χ4n) is 2.97. The van der Waals surface area contributed by atoms with Crippen LogP contribution in [0, 0.1) is 0 Å². The average molecular weight is 355 g/mol. The minimum absolute atomic E-state index is 0.0582. The van der Waals surface area contributed by atoms with E-state index in [1.54, 1.807) is 0 Å². The van der Waals surface area contributed by atoms with E-state index in [1.807, 2.05) is 7.05 Å². The van der Waals surface area contributed by atoms with Gasteiger partial charge in [-0.15, -0.1) is 0 Å². The molecule has 1 aromatic carbocycles. The fourth-order valence-corrected chi connectivity index (χ4v) is 4.60. The first-order valence-electron chi connectivity index (χ1n) is 7.78. The summed E-state index contributed by atoms with van der Waals surface area (Å²) in [7, 11) is -0.411. The molecule has 132 valence electrons. The van der Waals surface area contributed by atoms with Crippen LogP contribution in [0.15, 0.2) is 17.0 Å². The SMILES string of the molecule is CNC1CCN(S(=O)(=O)c2cc3c(cc2OC)NC(=O)CO3)CC1. The molecular formula is C15H21N3O5S. The molecule has 0 aliphatic carbocycles. The van der Waals surface area contributed by atoms with Gasteiger partial charge in [0.25, 0.3) is 5.91 Å². The van der Waals surface area contributed by atoms with Crippen LogP contribution in [-0.2, 0) is 14.8 Å². The summed E-state index contributed by atoms with van der Waals surface area (Å²) in [4.78, 5) is 11.5. The van der Waals surface area contributed by atoms with Crippen LogP contribution in [0.2, 0.25) is 0 Å². The third-order valence-electron chi connectivity index (χ3n) is 4.38. The summed E-state index contributed by atoms with van der Waals surface area (Å²) in [6.45, 7) is 0.768. The second-order valence-corrected chi connectivity index (χ2v) is 7.71. The van der Waals surface area contributed by atoms with Gasteiger partial charge in [-0.2, -0.15) is 4.31 Å². The van der Waals surface area contributed by atoms with Crippen molar-refractivity contribution in [1.82, 2.24) is 9.62 Å². The lowest BCUT2D eigenvalue weighted by atomic mass is 10.1. The number of carbonyl (C=O) groups excluding carboxylic acids is 1. The molecule has 0 atom stereocenters. The van der Waals surface area contributed by atoms with Gasteiger partial charge < -0.3 is 20.1 Å². The lowest BCUT2D eigenvalue weighted by Crippen LogP contribution is -2.43. The Morgan fingerprint density at radius 2 is 2.04 bits per heavy atom. The predicted molar refractivity (Wildman–Crippen MR) is 88.0 cm³/mol. The van der Waals surface area contributed by atoms with E-state index in [0.29, 0.717) is 30.6 Å². The smallest absolute Gasteiger partial charge is 0.262 e. The Kier molecular flexibility index (Phi) is 4.66. The number of hydrogen-bond acceptors (Lipinski definition) is 6. The molecular weight excluding hydrogens is 334 g/mol. The topological polar surface area (TPSA) is 97.0 Å². The third-order valence-corrected chi connectivity index (χ3v) is 6.30. The average Bonchev–Trinajstić information content (AvgIpc) is 2.60. The van der Waals surface area contributed by atoms with Crippen molar-refractivity contribution in [1.29, 1.82) is 0 Å². The van der Waals surface area contributed by atoms with Crippen molar-refractivity contribution in [3.63, 3.8) is 0 Å². The van der Waals surface area contributed by atoms with Gasteiger partial charge in [-0.05, 0) is 19.9 Å². The highest BCUT2D eigenvalue weighted by molar-refractivity contribution is 7.89. The Hall–Kier alpha value is -1.84. The molecule has 1 aromatic rings. The summed E-state index contributed by atoms with van der Waals surface area (Å²) in [5.41, 5.74) is 0.413. The first-order chi connectivity index (χ1) is 11.5. The van der Waals surface area contributed by atoms with E-state index in [1.165, 1.54) is 23.5 Å². The van der Waals surface area contributed by atoms with Crippen LogP contribution in [0.25, 0.3) is 0 Å². The Bertz CT molecular complexity index is 742. The summed E-state index contributed by atoms with van der Waals surface area (Å²) < 4.78 is 38.0. The first-order valence-corrected chi connectivity index (χ1v) is 9.22. The Morgan fingerprint density at radius 1 is 1.33 bits per heavy atom. The molecule has 2 aliphatic rings. The summed E-state index contributed by atoms with van der Waals surface area (Å²) >= 11 is 0. The van der Waals surface area contributed by atoms with Crippen molar-refractivity contribution in [3.05, 3.63) is 12.1 Å². The number of piperidine rings is 1. The summed E-state index contributed by atoms with van der Waals surface area (Å²) in [6.07, 6.45) is 1.52. The van der Waals surface area contributed by atoms with Crippen LogP contribution in [0.5, 0.6) is 11.5 Å². The lowest BCUT2D eigenvalue weighted by Gasteiger charge is -2.31. The lowest BCUT2D eigenvalue weighted by molar-refractivity contribution is -0.118. The quantitative estimate of drug-likeness (QED) is 0.811. The van der Waals surface area contributed by atoms with E-state index < -0.39 is 10.0 Å². The van der Waals surface area contributed by atoms with Crippen molar-refractivity contribution in [2.45, 2.75) is 23.8 Å². The second-order valence-electron chi connectivity index (χ2n) is 5.80. The number of methoxy groups -OCH3 is 1. The molecule has 0 saturated carbocycles. The summed E-state index contributed by atoms with van der Waals surface area (Å²) in [5.74, 6) is 0.240. The minimum atomic E-state index is -3.70. The van der Waals surface area contributed by atoms with Crippen LogP contribution in [0.4, 0.5) is 5.69 Å². The highest BCUT2D eigenvalue weighted by Crippen LogP contribution is 2.38. The maximum Gasteiger partial charge on any atom is 0.262 e. The van der Waals surface area contributed by atoms with Crippen molar-refractivity contribution >= 4 is 21.6 Å². The number of benzene rings is 1. The van der Waals surface area contributed by atoms with Gasteiger partial charge >= 0.3 is 0 Å². The van der Waals surface area contributed by atoms with Crippen LogP contribution in [0.1, 0.15) is 12.8 Å². The fraction of sp³-hybridized carbons (Fsp3) is 0.533. The van der Waals surface area contributed by atoms with Crippen LogP contribution in [-0.4, -0.2) is 58.5 Å². The van der Waals surface area contributed by atoms with E-state index >= 15 is 0 Å². The van der Waals surface area contributed by atoms with Gasteiger partial charge in [-0.3, -0.25) is 4.79 Å². The minimum Gasteiger partial charge on any atom is -0.495 e. The molecule has 24 heavy (non-hydrogen) atoms. The zero-order valence-electron chi connectivity index (χ0n) is 13.7. The van der Waals surface area contributed by atoms with Crippen molar-refractivity contribution in [2.24, 2.45) is 0 Å². The number of carbonyl (C=O) groups is 1. The van der Waals surface area contributed by atoms with E-state index in [2.05, 4.69) is 10.6 Å². The molecule has 0 unspecified atom stereocenters. The molecule has 0 bridgehead atoms. The Labute approximate surface area is 141 Å². The van der Waals surface area contributed by atoms with Crippen LogP contribution < -0.4 is 20.1 Å². The molecule has 9 heteroatoms. The Morgan fingerprint density at radius 3 is 2.67 bits per heavy atom. The molecule has 0 aromatic heterocycles. The normalized spacial score (nSPS) is 19.3. The number of ether oxygens (including phenoxy) is 2. The van der Waals surface area contributed by atoms with Crippen molar-refractivity contribution < 1.29 is 22.7 Å². The largest absolute Gasteiger partial charge is 0.495 e. The molecule has 2 N–H and O–H groups in total. The van der Waals surface area contributed by atoms with Gasteiger partial charge in [-0.25, -0.2) is 8.42 Å². The molecule has 0 radical (unpaired) electrons. The van der Waals surface area contributed by atoms with Crippen LogP contribution >= 0.6 is 0 Å². The molecule has 0 spiro atoms. The molecule has 3 rings (SSSR count). The van der Waals surface area contributed by atoms with E-state index in [0.717, 1.165) is 12.8 Å². The Balaban J connectivity index is 1.94. The highest BCUT2D eigenvalue weighted by atomic mass is 32.2. The third kappa shape index (κ3) is 3.06. The standard InChI is InChI=1S/C15H21N3O5S/c1-16-10-3-5-18(6-4-10)24(20,21)14-8-12-11(7-13(14)22-2)17-15(19)9-23-12/h7-8,10,16H,3-6,9H2,1-2H3,(H,17,19). The van der Waals surface area contributed by atoms with Crippen molar-refractivity contribution in [2.75, 3.05) is 39.2 Å². The number of anilines is 1. The van der Waals surface area contributed by atoms with Gasteiger partial charge in [0, 0.05) is 31.3 Å². The highest BCUT2D eigenvalue weighted by Gasteiger charge is 2.33. The molecule has 1 saturated heterocycles. The van der Waals surface area contributed by atoms with Gasteiger partial charge in [0.2, 0.25) is 10.0 Å². The number of nitrogens with zero attached hydrogens (tertiary/aromatic N) is 1. The van der Waals surface area contributed by atoms with Gasteiger partial charge in [0.1, 0.15) is 16.4 Å². The number of fused-ring (bicyclic) bond motifs is 1. The number of rotatable bonds is 4. The number of nitrogens with one attached hydrogen (secondary N) is 2. The first kappa shape index (κ1) is 17.0. The molecule has 8 nitrogen and oxygen atoms in total. The maximum absolute atomic E-state index is 13.0. The van der Waals surface area contributed by atoms with Gasteiger partial charge in [0.15, 0.2) is 6.61 Å². The van der Waals surface area contributed by atoms with E-state index in [4.69, 9.17) is 9.47 Å². The number of hydrogen-bond donors (Lipinski definition) is 2. The summed E-state index contributed by atoms with van der Waals surface area (Å²) in [5, 5.41) is 5.82. The zero-order valence-corrected chi connectivity index (χ0v) is 14.5.